The van der Waals surface area contributed by atoms with Crippen LogP contribution in [0.2, 0.25) is 0 Å². The molecule has 0 bridgehead atoms. The number of aliphatic hydroxyl groups excluding tert-OH is 1. The number of hydrogen-bond donors (Lipinski definition) is 3. The lowest BCUT2D eigenvalue weighted by Gasteiger charge is -2.29. The maximum Gasteiger partial charge on any atom is 0.128 e. The van der Waals surface area contributed by atoms with Crippen LogP contribution in [0.3, 0.4) is 0 Å². The molecule has 2 atom stereocenters. The lowest BCUT2D eigenvalue weighted by atomic mass is 9.82. The van der Waals surface area contributed by atoms with Crippen molar-refractivity contribution >= 4 is 0 Å². The van der Waals surface area contributed by atoms with Crippen LogP contribution in [0.25, 0.3) is 0 Å². The van der Waals surface area contributed by atoms with E-state index in [2.05, 4.69) is 32.2 Å². The van der Waals surface area contributed by atoms with Gasteiger partial charge in [-0.1, -0.05) is 32.4 Å². The molecule has 0 saturated heterocycles. The van der Waals surface area contributed by atoms with Crippen LogP contribution < -0.4 is 15.8 Å². The van der Waals surface area contributed by atoms with Gasteiger partial charge in [0, 0.05) is 17.2 Å². The molecule has 1 aromatic carbocycles. The lowest BCUT2D eigenvalue weighted by Crippen LogP contribution is -2.34. The van der Waals surface area contributed by atoms with Gasteiger partial charge in [-0.15, -0.1) is 0 Å². The molecule has 2 unspecified atom stereocenters. The molecular weight excluding hydrogens is 264 g/mol. The van der Waals surface area contributed by atoms with Crippen molar-refractivity contribution in [3.63, 3.8) is 0 Å². The monoisotopic (exact) mass is 294 g/mol. The van der Waals surface area contributed by atoms with Crippen LogP contribution in [0.5, 0.6) is 5.75 Å². The minimum Gasteiger partial charge on any atom is -0.496 e. The summed E-state index contributed by atoms with van der Waals surface area (Å²) in [5, 5.41) is 13.9. The van der Waals surface area contributed by atoms with E-state index in [1.807, 2.05) is 20.0 Å². The second kappa shape index (κ2) is 7.25. The second-order valence-electron chi connectivity index (χ2n) is 6.60. The van der Waals surface area contributed by atoms with Crippen LogP contribution in [0.1, 0.15) is 50.0 Å². The summed E-state index contributed by atoms with van der Waals surface area (Å²) in [5.41, 5.74) is 8.66. The Morgan fingerprint density at radius 3 is 2.38 bits per heavy atom. The maximum atomic E-state index is 10.7. The molecule has 0 amide bonds. The summed E-state index contributed by atoms with van der Waals surface area (Å²) in [5.74, 6) is 0.776. The van der Waals surface area contributed by atoms with Crippen molar-refractivity contribution in [3.05, 3.63) is 28.8 Å². The third-order valence-corrected chi connectivity index (χ3v) is 3.82. The quantitative estimate of drug-likeness (QED) is 0.753. The van der Waals surface area contributed by atoms with Gasteiger partial charge in [0.2, 0.25) is 0 Å². The fourth-order valence-electron chi connectivity index (χ4n) is 2.66. The van der Waals surface area contributed by atoms with Gasteiger partial charge in [0.1, 0.15) is 5.75 Å². The van der Waals surface area contributed by atoms with Crippen LogP contribution in [0.4, 0.5) is 0 Å². The number of ether oxygens (including phenoxy) is 1. The van der Waals surface area contributed by atoms with Gasteiger partial charge in [0.15, 0.2) is 0 Å². The average Bonchev–Trinajstić information content (AvgIpc) is 2.42. The minimum absolute atomic E-state index is 0.0468. The molecule has 0 spiro atoms. The molecule has 0 aromatic heterocycles. The number of aryl methyl sites for hydroxylation is 1. The zero-order chi connectivity index (χ0) is 16.2. The van der Waals surface area contributed by atoms with Crippen LogP contribution in [-0.4, -0.2) is 31.9 Å². The largest absolute Gasteiger partial charge is 0.496 e. The average molecular weight is 294 g/mol. The van der Waals surface area contributed by atoms with E-state index in [9.17, 15) is 5.11 Å². The lowest BCUT2D eigenvalue weighted by molar-refractivity contribution is 0.125. The number of nitrogens with one attached hydrogen (secondary N) is 1. The Kier molecular flexibility index (Phi) is 6.20. The van der Waals surface area contributed by atoms with Gasteiger partial charge in [-0.25, -0.2) is 0 Å². The Labute approximate surface area is 128 Å². The third-order valence-electron chi connectivity index (χ3n) is 3.82. The van der Waals surface area contributed by atoms with E-state index in [4.69, 9.17) is 10.5 Å². The number of aliphatic hydroxyl groups is 1. The summed E-state index contributed by atoms with van der Waals surface area (Å²) in [6.45, 7) is 9.02. The van der Waals surface area contributed by atoms with Crippen molar-refractivity contribution in [2.24, 2.45) is 5.73 Å². The van der Waals surface area contributed by atoms with E-state index in [1.54, 1.807) is 7.11 Å². The first-order valence-corrected chi connectivity index (χ1v) is 7.50. The topological polar surface area (TPSA) is 67.5 Å². The van der Waals surface area contributed by atoms with Crippen molar-refractivity contribution < 1.29 is 9.84 Å². The highest BCUT2D eigenvalue weighted by Gasteiger charge is 2.27. The van der Waals surface area contributed by atoms with Crippen LogP contribution in [0.15, 0.2) is 12.1 Å². The first kappa shape index (κ1) is 18.0. The Balaban J connectivity index is 3.37. The number of benzene rings is 1. The zero-order valence-corrected chi connectivity index (χ0v) is 14.2. The normalized spacial score (nSPS) is 14.9. The third kappa shape index (κ3) is 4.19. The zero-order valence-electron chi connectivity index (χ0n) is 14.2. The molecule has 1 rings (SSSR count). The van der Waals surface area contributed by atoms with Crippen molar-refractivity contribution in [2.45, 2.75) is 51.7 Å². The summed E-state index contributed by atoms with van der Waals surface area (Å²) in [6.07, 6.45) is 0.0640. The highest BCUT2D eigenvalue weighted by Crippen LogP contribution is 2.38. The summed E-state index contributed by atoms with van der Waals surface area (Å²) in [6, 6.07) is 4.05. The van der Waals surface area contributed by atoms with Crippen LogP contribution in [0, 0.1) is 6.92 Å². The highest BCUT2D eigenvalue weighted by molar-refractivity contribution is 5.49. The van der Waals surface area contributed by atoms with Gasteiger partial charge in [-0.05, 0) is 38.4 Å². The van der Waals surface area contributed by atoms with E-state index in [-0.39, 0.29) is 11.5 Å². The van der Waals surface area contributed by atoms with E-state index in [0.29, 0.717) is 13.0 Å². The smallest absolute Gasteiger partial charge is 0.128 e. The Hall–Kier alpha value is -1.10. The van der Waals surface area contributed by atoms with E-state index < -0.39 is 6.10 Å². The number of hydrogen-bond acceptors (Lipinski definition) is 4. The molecular formula is C17H30N2O2. The molecule has 0 heterocycles. The van der Waals surface area contributed by atoms with Gasteiger partial charge in [0.05, 0.1) is 13.2 Å². The summed E-state index contributed by atoms with van der Waals surface area (Å²) >= 11 is 0. The predicted octanol–water partition coefficient (Wildman–Crippen LogP) is 2.27. The van der Waals surface area contributed by atoms with Gasteiger partial charge < -0.3 is 20.9 Å². The molecule has 0 aliphatic rings. The fourth-order valence-corrected chi connectivity index (χ4v) is 2.66. The molecule has 21 heavy (non-hydrogen) atoms. The van der Waals surface area contributed by atoms with E-state index in [0.717, 1.165) is 22.4 Å². The first-order valence-electron chi connectivity index (χ1n) is 7.50. The standard InChI is InChI=1S/C17H30N2O2/c1-11-9-12(15(20)14(19-5)7-8-18)16(21-6)13(10-11)17(2,3)4/h9-10,14-15,19-20H,7-8,18H2,1-6H3. The number of methoxy groups -OCH3 is 1. The molecule has 0 fully saturated rings. The molecule has 4 heteroatoms. The van der Waals surface area contributed by atoms with Gasteiger partial charge in [0.25, 0.3) is 0 Å². The highest BCUT2D eigenvalue weighted by atomic mass is 16.5. The maximum absolute atomic E-state index is 10.7. The van der Waals surface area contributed by atoms with E-state index >= 15 is 0 Å². The minimum atomic E-state index is -0.644. The summed E-state index contributed by atoms with van der Waals surface area (Å²) < 4.78 is 5.63. The fraction of sp³-hybridized carbons (Fsp3) is 0.647. The van der Waals surface area contributed by atoms with Gasteiger partial charge in [-0.3, -0.25) is 0 Å². The number of rotatable bonds is 6. The van der Waals surface area contributed by atoms with Gasteiger partial charge >= 0.3 is 0 Å². The second-order valence-corrected chi connectivity index (χ2v) is 6.60. The molecule has 0 aliphatic heterocycles. The number of nitrogens with two attached hydrogens (primary N) is 1. The Morgan fingerprint density at radius 1 is 1.33 bits per heavy atom. The molecule has 4 nitrogen and oxygen atoms in total. The van der Waals surface area contributed by atoms with Crippen molar-refractivity contribution in [3.8, 4) is 5.75 Å². The SMILES string of the molecule is CNC(CCN)C(O)c1cc(C)cc(C(C)(C)C)c1OC. The summed E-state index contributed by atoms with van der Waals surface area (Å²) in [4.78, 5) is 0. The predicted molar refractivity (Wildman–Crippen MR) is 87.9 cm³/mol. The first-order chi connectivity index (χ1) is 9.76. The molecule has 0 saturated carbocycles. The Morgan fingerprint density at radius 2 is 1.95 bits per heavy atom. The Bertz CT molecular complexity index is 467. The van der Waals surface area contributed by atoms with Gasteiger partial charge in [-0.2, -0.15) is 0 Å². The number of likely N-dealkylation sites (N-methyl/N-ethyl adjacent to an activating group) is 1. The molecule has 0 radical (unpaired) electrons. The van der Waals surface area contributed by atoms with E-state index in [1.165, 1.54) is 0 Å². The van der Waals surface area contributed by atoms with Crippen molar-refractivity contribution in [1.82, 2.24) is 5.32 Å². The molecule has 4 N–H and O–H groups in total. The molecule has 0 aliphatic carbocycles. The van der Waals surface area contributed by atoms with Crippen molar-refractivity contribution in [1.29, 1.82) is 0 Å². The summed E-state index contributed by atoms with van der Waals surface area (Å²) in [7, 11) is 3.50. The van der Waals surface area contributed by atoms with Crippen molar-refractivity contribution in [2.75, 3.05) is 20.7 Å². The molecule has 1 aromatic rings. The molecule has 120 valence electrons. The van der Waals surface area contributed by atoms with Crippen LogP contribution in [-0.2, 0) is 5.41 Å². The van der Waals surface area contributed by atoms with Crippen LogP contribution >= 0.6 is 0 Å².